The van der Waals surface area contributed by atoms with Gasteiger partial charge < -0.3 is 20.2 Å². The third-order valence-electron chi connectivity index (χ3n) is 3.20. The molecule has 0 aromatic heterocycles. The molecule has 0 aliphatic carbocycles. The first-order valence-electron chi connectivity index (χ1n) is 7.73. The zero-order chi connectivity index (χ0) is 20.5. The summed E-state index contributed by atoms with van der Waals surface area (Å²) in [6, 6.07) is 10.1. The number of hydrogen-bond acceptors (Lipinski definition) is 7. The van der Waals surface area contributed by atoms with Crippen molar-refractivity contribution < 1.29 is 24.1 Å². The van der Waals surface area contributed by atoms with Crippen molar-refractivity contribution in [3.05, 3.63) is 57.6 Å². The Morgan fingerprint density at radius 2 is 2.04 bits per heavy atom. The number of nitrogens with zero attached hydrogens (tertiary/aromatic N) is 2. The van der Waals surface area contributed by atoms with Crippen LogP contribution in [0.25, 0.3) is 0 Å². The summed E-state index contributed by atoms with van der Waals surface area (Å²) in [6.07, 6.45) is 0.834. The molecule has 0 saturated carbocycles. The normalized spacial score (nSPS) is 10.4. The van der Waals surface area contributed by atoms with Gasteiger partial charge in [0.25, 0.3) is 17.5 Å². The fraction of sp³-hybridized carbons (Fsp3) is 0.118. The van der Waals surface area contributed by atoms with Crippen LogP contribution in [0.4, 0.5) is 17.1 Å². The third kappa shape index (κ3) is 6.25. The molecule has 11 heteroatoms. The van der Waals surface area contributed by atoms with Crippen LogP contribution in [0.15, 0.2) is 47.6 Å². The SMILES string of the molecule is COc1ccc(Cl)cc1NC(=O)/C=N\OCC(=O)Nc1cccc([N+](=O)[O-])c1. The quantitative estimate of drug-likeness (QED) is 0.393. The van der Waals surface area contributed by atoms with Crippen LogP contribution in [0.5, 0.6) is 5.75 Å². The van der Waals surface area contributed by atoms with E-state index in [0.29, 0.717) is 16.5 Å². The Morgan fingerprint density at radius 3 is 2.75 bits per heavy atom. The standard InChI is InChI=1S/C17H15ClN4O6/c1-27-15-6-5-11(18)7-14(15)21-16(23)9-19-28-10-17(24)20-12-3-2-4-13(8-12)22(25)26/h2-9H,10H2,1H3,(H,20,24)(H,21,23)/b19-9-. The molecule has 28 heavy (non-hydrogen) atoms. The van der Waals surface area contributed by atoms with Gasteiger partial charge in [-0.1, -0.05) is 22.8 Å². The van der Waals surface area contributed by atoms with Crippen molar-refractivity contribution in [2.24, 2.45) is 5.16 Å². The Morgan fingerprint density at radius 1 is 1.25 bits per heavy atom. The van der Waals surface area contributed by atoms with Crippen LogP contribution in [0.3, 0.4) is 0 Å². The van der Waals surface area contributed by atoms with Gasteiger partial charge in [0, 0.05) is 22.8 Å². The first-order chi connectivity index (χ1) is 13.4. The fourth-order valence-corrected chi connectivity index (χ4v) is 2.19. The van der Waals surface area contributed by atoms with E-state index in [4.69, 9.17) is 21.2 Å². The highest BCUT2D eigenvalue weighted by Crippen LogP contribution is 2.27. The average molecular weight is 407 g/mol. The lowest BCUT2D eigenvalue weighted by Gasteiger charge is -2.08. The number of non-ortho nitro benzene ring substituents is 1. The van der Waals surface area contributed by atoms with Gasteiger partial charge >= 0.3 is 0 Å². The second kappa shape index (κ2) is 9.88. The van der Waals surface area contributed by atoms with Crippen molar-refractivity contribution >= 4 is 46.7 Å². The predicted molar refractivity (Wildman–Crippen MR) is 103 cm³/mol. The third-order valence-corrected chi connectivity index (χ3v) is 3.44. The molecule has 2 aromatic rings. The summed E-state index contributed by atoms with van der Waals surface area (Å²) in [7, 11) is 1.44. The van der Waals surface area contributed by atoms with Crippen LogP contribution in [0.1, 0.15) is 0 Å². The number of halogens is 1. The lowest BCUT2D eigenvalue weighted by Crippen LogP contribution is -2.18. The van der Waals surface area contributed by atoms with E-state index >= 15 is 0 Å². The number of oxime groups is 1. The molecule has 0 spiro atoms. The van der Waals surface area contributed by atoms with Crippen molar-refractivity contribution in [1.29, 1.82) is 0 Å². The zero-order valence-electron chi connectivity index (χ0n) is 14.5. The molecule has 0 atom stereocenters. The highest BCUT2D eigenvalue weighted by Gasteiger charge is 2.09. The number of amides is 2. The van der Waals surface area contributed by atoms with E-state index in [9.17, 15) is 19.7 Å². The number of carbonyl (C=O) groups excluding carboxylic acids is 2. The van der Waals surface area contributed by atoms with Gasteiger partial charge in [0.15, 0.2) is 6.61 Å². The summed E-state index contributed by atoms with van der Waals surface area (Å²) in [5.41, 5.74) is 0.414. The molecule has 2 amide bonds. The van der Waals surface area contributed by atoms with Gasteiger partial charge in [-0.25, -0.2) is 0 Å². The fourth-order valence-electron chi connectivity index (χ4n) is 2.02. The molecule has 0 aliphatic rings. The first kappa shape index (κ1) is 20.6. The van der Waals surface area contributed by atoms with Crippen LogP contribution < -0.4 is 15.4 Å². The molecule has 0 radical (unpaired) electrons. The van der Waals surface area contributed by atoms with Gasteiger partial charge in [-0.2, -0.15) is 0 Å². The Kier molecular flexibility index (Phi) is 7.28. The van der Waals surface area contributed by atoms with Gasteiger partial charge in [0.1, 0.15) is 12.0 Å². The molecule has 10 nitrogen and oxygen atoms in total. The van der Waals surface area contributed by atoms with E-state index in [-0.39, 0.29) is 11.4 Å². The summed E-state index contributed by atoms with van der Waals surface area (Å²) in [4.78, 5) is 38.4. The Bertz CT molecular complexity index is 918. The largest absolute Gasteiger partial charge is 0.495 e. The van der Waals surface area contributed by atoms with Crippen LogP contribution in [0.2, 0.25) is 5.02 Å². The number of benzene rings is 2. The van der Waals surface area contributed by atoms with E-state index in [0.717, 1.165) is 6.21 Å². The van der Waals surface area contributed by atoms with Gasteiger partial charge in [0.2, 0.25) is 0 Å². The summed E-state index contributed by atoms with van der Waals surface area (Å²) in [5.74, 6) is -0.822. The maximum absolute atomic E-state index is 11.8. The topological polar surface area (TPSA) is 132 Å². The van der Waals surface area contributed by atoms with E-state index in [1.165, 1.54) is 37.4 Å². The number of nitrogens with one attached hydrogen (secondary N) is 2. The Balaban J connectivity index is 1.82. The minimum absolute atomic E-state index is 0.162. The molecular formula is C17H15ClN4O6. The number of carbonyl (C=O) groups is 2. The van der Waals surface area contributed by atoms with Crippen LogP contribution in [0, 0.1) is 10.1 Å². The summed E-state index contributed by atoms with van der Waals surface area (Å²) < 4.78 is 5.09. The molecule has 146 valence electrons. The summed E-state index contributed by atoms with van der Waals surface area (Å²) >= 11 is 5.87. The predicted octanol–water partition coefficient (Wildman–Crippen LogP) is 2.84. The molecule has 0 saturated heterocycles. The summed E-state index contributed by atoms with van der Waals surface area (Å²) in [5, 5.41) is 19.4. The summed E-state index contributed by atoms with van der Waals surface area (Å²) in [6.45, 7) is -0.493. The lowest BCUT2D eigenvalue weighted by molar-refractivity contribution is -0.384. The number of nitro benzene ring substituents is 1. The van der Waals surface area contributed by atoms with Crippen LogP contribution >= 0.6 is 11.6 Å². The van der Waals surface area contributed by atoms with Crippen molar-refractivity contribution in [3.8, 4) is 5.75 Å². The number of methoxy groups -OCH3 is 1. The molecule has 0 fully saturated rings. The average Bonchev–Trinajstić information content (AvgIpc) is 2.65. The number of ether oxygens (including phenoxy) is 1. The Hall–Kier alpha value is -3.66. The lowest BCUT2D eigenvalue weighted by atomic mass is 10.3. The smallest absolute Gasteiger partial charge is 0.271 e. The minimum atomic E-state index is -0.625. The molecule has 2 rings (SSSR count). The second-order valence-electron chi connectivity index (χ2n) is 5.20. The Labute approximate surface area is 164 Å². The van der Waals surface area contributed by atoms with E-state index in [2.05, 4.69) is 15.8 Å². The molecule has 2 N–H and O–H groups in total. The monoisotopic (exact) mass is 406 g/mol. The van der Waals surface area contributed by atoms with Gasteiger partial charge in [-0.15, -0.1) is 0 Å². The maximum Gasteiger partial charge on any atom is 0.271 e. The molecule has 0 unspecified atom stereocenters. The van der Waals surface area contributed by atoms with Gasteiger partial charge in [0.05, 0.1) is 17.7 Å². The first-order valence-corrected chi connectivity index (χ1v) is 8.11. The van der Waals surface area contributed by atoms with Crippen molar-refractivity contribution in [3.63, 3.8) is 0 Å². The highest BCUT2D eigenvalue weighted by atomic mass is 35.5. The van der Waals surface area contributed by atoms with Crippen molar-refractivity contribution in [2.75, 3.05) is 24.4 Å². The molecule has 2 aromatic carbocycles. The molecule has 0 bridgehead atoms. The maximum atomic E-state index is 11.8. The van der Waals surface area contributed by atoms with Crippen LogP contribution in [-0.4, -0.2) is 36.7 Å². The number of rotatable bonds is 8. The van der Waals surface area contributed by atoms with E-state index in [1.807, 2.05) is 0 Å². The van der Waals surface area contributed by atoms with Gasteiger partial charge in [-0.05, 0) is 24.3 Å². The molecule has 0 aliphatic heterocycles. The van der Waals surface area contributed by atoms with Crippen molar-refractivity contribution in [1.82, 2.24) is 0 Å². The van der Waals surface area contributed by atoms with E-state index in [1.54, 1.807) is 12.1 Å². The van der Waals surface area contributed by atoms with Crippen molar-refractivity contribution in [2.45, 2.75) is 0 Å². The minimum Gasteiger partial charge on any atom is -0.495 e. The number of nitro groups is 1. The number of hydrogen-bond donors (Lipinski definition) is 2. The number of anilines is 2. The second-order valence-corrected chi connectivity index (χ2v) is 5.63. The van der Waals surface area contributed by atoms with E-state index < -0.39 is 23.3 Å². The van der Waals surface area contributed by atoms with Gasteiger partial charge in [-0.3, -0.25) is 19.7 Å². The molecular weight excluding hydrogens is 392 g/mol. The zero-order valence-corrected chi connectivity index (χ0v) is 15.3. The molecule has 0 heterocycles. The highest BCUT2D eigenvalue weighted by molar-refractivity contribution is 6.33. The van der Waals surface area contributed by atoms with Crippen LogP contribution in [-0.2, 0) is 14.4 Å².